The first-order valence-electron chi connectivity index (χ1n) is 5.36. The molecule has 0 aliphatic rings. The number of hydrogen-bond donors (Lipinski definition) is 1. The Hall–Kier alpha value is -2.11. The molecule has 2 aromatic rings. The standard InChI is InChI=1S/C11H12N2O4/c1-2-3-4-16-11(15)8-6-17-10-7(8)5-9(14)12-13-10/h5-6H,2-4H2,1H3,(H,12,14). The fraction of sp³-hybridized carbons (Fsp3) is 0.364. The van der Waals surface area contributed by atoms with Crippen molar-refractivity contribution in [1.82, 2.24) is 10.2 Å². The summed E-state index contributed by atoms with van der Waals surface area (Å²) in [6.45, 7) is 2.36. The third-order valence-corrected chi connectivity index (χ3v) is 2.30. The Balaban J connectivity index is 2.26. The predicted molar refractivity (Wildman–Crippen MR) is 59.8 cm³/mol. The number of carbonyl (C=O) groups is 1. The Morgan fingerprint density at radius 1 is 1.59 bits per heavy atom. The molecule has 0 bridgehead atoms. The van der Waals surface area contributed by atoms with Crippen LogP contribution in [-0.4, -0.2) is 22.8 Å². The Morgan fingerprint density at radius 3 is 3.18 bits per heavy atom. The summed E-state index contributed by atoms with van der Waals surface area (Å²) in [6, 6.07) is 1.27. The summed E-state index contributed by atoms with van der Waals surface area (Å²) in [6.07, 6.45) is 3.00. The van der Waals surface area contributed by atoms with Gasteiger partial charge < -0.3 is 9.15 Å². The molecule has 2 rings (SSSR count). The monoisotopic (exact) mass is 236 g/mol. The van der Waals surface area contributed by atoms with E-state index in [2.05, 4.69) is 10.2 Å². The van der Waals surface area contributed by atoms with Gasteiger partial charge >= 0.3 is 5.97 Å². The maximum atomic E-state index is 11.7. The molecular formula is C11H12N2O4. The summed E-state index contributed by atoms with van der Waals surface area (Å²) in [5.41, 5.74) is 0.0586. The van der Waals surface area contributed by atoms with Crippen molar-refractivity contribution >= 4 is 17.1 Å². The summed E-state index contributed by atoms with van der Waals surface area (Å²) in [7, 11) is 0. The average Bonchev–Trinajstić information content (AvgIpc) is 2.72. The highest BCUT2D eigenvalue weighted by Crippen LogP contribution is 2.17. The smallest absolute Gasteiger partial charge is 0.342 e. The van der Waals surface area contributed by atoms with Gasteiger partial charge in [0.15, 0.2) is 0 Å². The number of nitrogens with one attached hydrogen (secondary N) is 1. The predicted octanol–water partition coefficient (Wildman–Crippen LogP) is 1.47. The van der Waals surface area contributed by atoms with Crippen LogP contribution in [0.4, 0.5) is 0 Å². The van der Waals surface area contributed by atoms with E-state index in [1.807, 2.05) is 6.92 Å². The normalized spacial score (nSPS) is 10.6. The number of aromatic nitrogens is 2. The lowest BCUT2D eigenvalue weighted by atomic mass is 10.2. The zero-order valence-electron chi connectivity index (χ0n) is 9.36. The Kier molecular flexibility index (Phi) is 3.22. The molecule has 0 saturated heterocycles. The van der Waals surface area contributed by atoms with Crippen molar-refractivity contribution in [2.24, 2.45) is 0 Å². The van der Waals surface area contributed by atoms with Crippen molar-refractivity contribution in [2.45, 2.75) is 19.8 Å². The number of rotatable bonds is 4. The summed E-state index contributed by atoms with van der Waals surface area (Å²) < 4.78 is 10.1. The number of unbranched alkanes of at least 4 members (excludes halogenated alkanes) is 1. The molecule has 2 aromatic heterocycles. The molecule has 0 unspecified atom stereocenters. The zero-order valence-corrected chi connectivity index (χ0v) is 9.36. The third-order valence-electron chi connectivity index (χ3n) is 2.30. The molecule has 0 radical (unpaired) electrons. The average molecular weight is 236 g/mol. The van der Waals surface area contributed by atoms with Crippen LogP contribution < -0.4 is 5.56 Å². The van der Waals surface area contributed by atoms with Crippen LogP contribution in [0.5, 0.6) is 0 Å². The first-order chi connectivity index (χ1) is 8.22. The van der Waals surface area contributed by atoms with E-state index in [0.29, 0.717) is 12.0 Å². The van der Waals surface area contributed by atoms with Gasteiger partial charge in [-0.2, -0.15) is 0 Å². The number of H-pyrrole nitrogens is 1. The van der Waals surface area contributed by atoms with Crippen LogP contribution in [-0.2, 0) is 4.74 Å². The number of hydrogen-bond acceptors (Lipinski definition) is 5. The van der Waals surface area contributed by atoms with Crippen molar-refractivity contribution < 1.29 is 13.9 Å². The van der Waals surface area contributed by atoms with Crippen LogP contribution in [0.25, 0.3) is 11.1 Å². The number of esters is 1. The van der Waals surface area contributed by atoms with Crippen LogP contribution in [0.1, 0.15) is 30.1 Å². The summed E-state index contributed by atoms with van der Waals surface area (Å²) >= 11 is 0. The number of ether oxygens (including phenoxy) is 1. The third kappa shape index (κ3) is 2.35. The molecule has 0 saturated carbocycles. The van der Waals surface area contributed by atoms with Crippen LogP contribution in [0.15, 0.2) is 21.5 Å². The molecule has 0 atom stereocenters. The van der Waals surface area contributed by atoms with E-state index in [-0.39, 0.29) is 16.8 Å². The lowest BCUT2D eigenvalue weighted by Crippen LogP contribution is -2.08. The molecule has 1 N–H and O–H groups in total. The van der Waals surface area contributed by atoms with E-state index in [9.17, 15) is 9.59 Å². The fourth-order valence-corrected chi connectivity index (χ4v) is 1.40. The maximum Gasteiger partial charge on any atom is 0.342 e. The molecule has 0 aliphatic carbocycles. The lowest BCUT2D eigenvalue weighted by molar-refractivity contribution is 0.0501. The highest BCUT2D eigenvalue weighted by Gasteiger charge is 2.16. The fourth-order valence-electron chi connectivity index (χ4n) is 1.40. The highest BCUT2D eigenvalue weighted by molar-refractivity contribution is 6.01. The second-order valence-electron chi connectivity index (χ2n) is 3.59. The van der Waals surface area contributed by atoms with Crippen LogP contribution >= 0.6 is 0 Å². The van der Waals surface area contributed by atoms with Crippen molar-refractivity contribution in [1.29, 1.82) is 0 Å². The minimum atomic E-state index is -0.496. The first kappa shape index (κ1) is 11.4. The van der Waals surface area contributed by atoms with Gasteiger partial charge in [-0.25, -0.2) is 9.89 Å². The topological polar surface area (TPSA) is 85.2 Å². The molecule has 17 heavy (non-hydrogen) atoms. The van der Waals surface area contributed by atoms with Crippen LogP contribution in [0, 0.1) is 0 Å². The van der Waals surface area contributed by atoms with Crippen molar-refractivity contribution in [3.8, 4) is 0 Å². The van der Waals surface area contributed by atoms with Crippen LogP contribution in [0.3, 0.4) is 0 Å². The van der Waals surface area contributed by atoms with Gasteiger partial charge in [0.2, 0.25) is 5.71 Å². The van der Waals surface area contributed by atoms with Gasteiger partial charge in [0.05, 0.1) is 12.0 Å². The number of fused-ring (bicyclic) bond motifs is 1. The van der Waals surface area contributed by atoms with E-state index in [4.69, 9.17) is 9.15 Å². The summed E-state index contributed by atoms with van der Waals surface area (Å²) in [5, 5.41) is 6.27. The number of aromatic amines is 1. The molecule has 6 nitrogen and oxygen atoms in total. The van der Waals surface area contributed by atoms with Crippen LogP contribution in [0.2, 0.25) is 0 Å². The molecular weight excluding hydrogens is 224 g/mol. The van der Waals surface area contributed by atoms with Gasteiger partial charge in [0.1, 0.15) is 11.8 Å². The Morgan fingerprint density at radius 2 is 2.41 bits per heavy atom. The molecule has 90 valence electrons. The summed E-state index contributed by atoms with van der Waals surface area (Å²) in [5.74, 6) is -0.496. The lowest BCUT2D eigenvalue weighted by Gasteiger charge is -2.01. The second-order valence-corrected chi connectivity index (χ2v) is 3.59. The van der Waals surface area contributed by atoms with Gasteiger partial charge in [-0.15, -0.1) is 5.10 Å². The molecule has 0 aromatic carbocycles. The molecule has 2 heterocycles. The Bertz CT molecular complexity index is 584. The van der Waals surface area contributed by atoms with Crippen molar-refractivity contribution in [2.75, 3.05) is 6.61 Å². The largest absolute Gasteiger partial charge is 0.462 e. The zero-order chi connectivity index (χ0) is 12.3. The van der Waals surface area contributed by atoms with E-state index in [1.54, 1.807) is 0 Å². The molecule has 0 amide bonds. The van der Waals surface area contributed by atoms with Gasteiger partial charge in [-0.1, -0.05) is 13.3 Å². The van der Waals surface area contributed by atoms with E-state index < -0.39 is 5.97 Å². The Labute approximate surface area is 96.6 Å². The molecule has 0 spiro atoms. The quantitative estimate of drug-likeness (QED) is 0.641. The maximum absolute atomic E-state index is 11.7. The van der Waals surface area contributed by atoms with Gasteiger partial charge in [0.25, 0.3) is 5.56 Å². The number of nitrogens with zero attached hydrogens (tertiary/aromatic N) is 1. The molecule has 0 aliphatic heterocycles. The SMILES string of the molecule is CCCCOC(=O)c1coc2n[nH]c(=O)cc12. The van der Waals surface area contributed by atoms with Crippen molar-refractivity contribution in [3.05, 3.63) is 28.2 Å². The van der Waals surface area contributed by atoms with E-state index in [0.717, 1.165) is 12.8 Å². The number of furan rings is 1. The second kappa shape index (κ2) is 4.82. The molecule has 6 heteroatoms. The van der Waals surface area contributed by atoms with E-state index >= 15 is 0 Å². The van der Waals surface area contributed by atoms with Gasteiger partial charge in [0, 0.05) is 6.07 Å². The first-order valence-corrected chi connectivity index (χ1v) is 5.36. The number of carbonyl (C=O) groups excluding carboxylic acids is 1. The van der Waals surface area contributed by atoms with Gasteiger partial charge in [-0.3, -0.25) is 4.79 Å². The highest BCUT2D eigenvalue weighted by atomic mass is 16.5. The van der Waals surface area contributed by atoms with Gasteiger partial charge in [-0.05, 0) is 6.42 Å². The molecule has 0 fully saturated rings. The van der Waals surface area contributed by atoms with E-state index in [1.165, 1.54) is 12.3 Å². The minimum Gasteiger partial charge on any atom is -0.462 e. The van der Waals surface area contributed by atoms with Crippen molar-refractivity contribution in [3.63, 3.8) is 0 Å². The summed E-state index contributed by atoms with van der Waals surface area (Å²) in [4.78, 5) is 22.8. The minimum absolute atomic E-state index is 0.215.